The van der Waals surface area contributed by atoms with Crippen molar-refractivity contribution >= 4 is 22.6 Å². The minimum absolute atomic E-state index is 0.0921. The summed E-state index contributed by atoms with van der Waals surface area (Å²) in [6, 6.07) is 25.9. The van der Waals surface area contributed by atoms with Crippen LogP contribution in [0.4, 0.5) is 5.69 Å². The third-order valence-corrected chi connectivity index (χ3v) is 5.89. The van der Waals surface area contributed by atoms with Gasteiger partial charge in [-0.1, -0.05) is 60.7 Å². The highest BCUT2D eigenvalue weighted by Crippen LogP contribution is 2.29. The first-order valence-electron chi connectivity index (χ1n) is 10.3. The number of carbonyl (C=O) groups is 1. The third-order valence-electron chi connectivity index (χ3n) is 5.89. The normalized spacial score (nSPS) is 15.0. The van der Waals surface area contributed by atoms with Crippen LogP contribution in [0, 0.1) is 0 Å². The summed E-state index contributed by atoms with van der Waals surface area (Å²) in [5.41, 5.74) is 5.20. The monoisotopic (exact) mass is 396 g/mol. The molecule has 4 aromatic rings. The Morgan fingerprint density at radius 2 is 1.63 bits per heavy atom. The van der Waals surface area contributed by atoms with E-state index in [0.717, 1.165) is 23.1 Å². The molecule has 5 heteroatoms. The Balaban J connectivity index is 1.58. The summed E-state index contributed by atoms with van der Waals surface area (Å²) in [6.45, 7) is 2.09. The zero-order chi connectivity index (χ0) is 20.5. The van der Waals surface area contributed by atoms with Gasteiger partial charge in [-0.15, -0.1) is 0 Å². The van der Waals surface area contributed by atoms with Crippen LogP contribution >= 0.6 is 0 Å². The third kappa shape index (κ3) is 3.22. The molecule has 30 heavy (non-hydrogen) atoms. The predicted octanol–water partition coefficient (Wildman–Crippen LogP) is 4.10. The van der Waals surface area contributed by atoms with E-state index in [1.54, 1.807) is 6.33 Å². The summed E-state index contributed by atoms with van der Waals surface area (Å²) in [7, 11) is 2.09. The maximum absolute atomic E-state index is 14.0. The fraction of sp³-hybridized carbons (Fsp3) is 0.200. The van der Waals surface area contributed by atoms with Gasteiger partial charge in [0.15, 0.2) is 0 Å². The van der Waals surface area contributed by atoms with Crippen LogP contribution in [0.25, 0.3) is 11.0 Å². The van der Waals surface area contributed by atoms with Crippen LogP contribution in [0.5, 0.6) is 0 Å². The lowest BCUT2D eigenvalue weighted by molar-refractivity contribution is -0.133. The number of fused-ring (bicyclic) bond motifs is 2. The maximum atomic E-state index is 14.0. The van der Waals surface area contributed by atoms with E-state index in [9.17, 15) is 4.79 Å². The molecule has 3 aromatic carbocycles. The lowest BCUT2D eigenvalue weighted by Gasteiger charge is -2.28. The maximum Gasteiger partial charge on any atom is 0.250 e. The number of anilines is 1. The van der Waals surface area contributed by atoms with E-state index in [4.69, 9.17) is 0 Å². The molecule has 1 amide bonds. The second kappa shape index (κ2) is 7.67. The van der Waals surface area contributed by atoms with Gasteiger partial charge in [0.25, 0.3) is 5.91 Å². The van der Waals surface area contributed by atoms with Gasteiger partial charge in [-0.2, -0.15) is 0 Å². The summed E-state index contributed by atoms with van der Waals surface area (Å²) in [5, 5.41) is 0. The second-order valence-electron chi connectivity index (χ2n) is 7.76. The molecule has 2 heterocycles. The molecule has 0 saturated heterocycles. The molecular weight excluding hydrogens is 372 g/mol. The molecule has 1 aliphatic rings. The summed E-state index contributed by atoms with van der Waals surface area (Å²) in [4.78, 5) is 22.7. The summed E-state index contributed by atoms with van der Waals surface area (Å²) in [6.07, 6.45) is 1.79. The fourth-order valence-electron chi connectivity index (χ4n) is 4.30. The first kappa shape index (κ1) is 18.4. The molecule has 0 bridgehead atoms. The molecule has 0 spiro atoms. The van der Waals surface area contributed by atoms with E-state index in [0.29, 0.717) is 13.1 Å². The van der Waals surface area contributed by atoms with Crippen molar-refractivity contribution in [2.75, 3.05) is 25.0 Å². The van der Waals surface area contributed by atoms with Gasteiger partial charge >= 0.3 is 0 Å². The van der Waals surface area contributed by atoms with Gasteiger partial charge < -0.3 is 14.4 Å². The van der Waals surface area contributed by atoms with Gasteiger partial charge in [-0.25, -0.2) is 4.98 Å². The van der Waals surface area contributed by atoms with E-state index >= 15 is 0 Å². The van der Waals surface area contributed by atoms with Crippen LogP contribution in [0.1, 0.15) is 17.2 Å². The van der Waals surface area contributed by atoms with Gasteiger partial charge in [0.05, 0.1) is 17.4 Å². The van der Waals surface area contributed by atoms with E-state index in [1.165, 1.54) is 11.3 Å². The Morgan fingerprint density at radius 1 is 0.900 bits per heavy atom. The van der Waals surface area contributed by atoms with Crippen LogP contribution in [-0.4, -0.2) is 40.5 Å². The number of benzene rings is 3. The smallest absolute Gasteiger partial charge is 0.250 e. The zero-order valence-corrected chi connectivity index (χ0v) is 17.0. The number of para-hydroxylation sites is 3. The lowest BCUT2D eigenvalue weighted by atomic mass is 10.0. The molecule has 0 fully saturated rings. The van der Waals surface area contributed by atoms with Crippen molar-refractivity contribution in [3.8, 4) is 0 Å². The molecular formula is C25H24N4O. The molecule has 0 radical (unpaired) electrons. The van der Waals surface area contributed by atoms with Crippen LogP contribution in [0.2, 0.25) is 0 Å². The number of likely N-dealkylation sites (N-methyl/N-ethyl adjacent to an activating group) is 1. The van der Waals surface area contributed by atoms with Crippen molar-refractivity contribution in [2.45, 2.75) is 12.6 Å². The van der Waals surface area contributed by atoms with E-state index in [2.05, 4.69) is 35.1 Å². The Hall–Kier alpha value is -3.60. The molecule has 5 rings (SSSR count). The van der Waals surface area contributed by atoms with Crippen LogP contribution in [0.3, 0.4) is 0 Å². The first-order chi connectivity index (χ1) is 14.7. The van der Waals surface area contributed by atoms with Crippen molar-refractivity contribution in [1.82, 2.24) is 14.5 Å². The minimum atomic E-state index is -0.450. The molecule has 1 aromatic heterocycles. The van der Waals surface area contributed by atoms with Gasteiger partial charge in [0.2, 0.25) is 0 Å². The van der Waals surface area contributed by atoms with Crippen LogP contribution in [-0.2, 0) is 11.3 Å². The number of hydrogen-bond donors (Lipinski definition) is 0. The highest BCUT2D eigenvalue weighted by molar-refractivity contribution is 5.87. The highest BCUT2D eigenvalue weighted by Gasteiger charge is 2.30. The van der Waals surface area contributed by atoms with Crippen molar-refractivity contribution < 1.29 is 4.79 Å². The van der Waals surface area contributed by atoms with Gasteiger partial charge in [0.1, 0.15) is 6.04 Å². The molecule has 5 nitrogen and oxygen atoms in total. The Kier molecular flexibility index (Phi) is 4.71. The quantitative estimate of drug-likeness (QED) is 0.523. The molecule has 0 N–H and O–H groups in total. The molecule has 150 valence electrons. The predicted molar refractivity (Wildman–Crippen MR) is 119 cm³/mol. The largest absolute Gasteiger partial charge is 0.373 e. The fourth-order valence-corrected chi connectivity index (χ4v) is 4.30. The van der Waals surface area contributed by atoms with Gasteiger partial charge in [-0.05, 0) is 29.3 Å². The van der Waals surface area contributed by atoms with Crippen molar-refractivity contribution in [3.63, 3.8) is 0 Å². The van der Waals surface area contributed by atoms with E-state index < -0.39 is 6.04 Å². The Morgan fingerprint density at radius 3 is 2.50 bits per heavy atom. The van der Waals surface area contributed by atoms with E-state index in [-0.39, 0.29) is 5.91 Å². The molecule has 1 aliphatic heterocycles. The summed E-state index contributed by atoms with van der Waals surface area (Å²) in [5.74, 6) is 0.0921. The lowest BCUT2D eigenvalue weighted by Crippen LogP contribution is -2.39. The number of carbonyl (C=O) groups excluding carboxylic acids is 1. The minimum Gasteiger partial charge on any atom is -0.373 e. The van der Waals surface area contributed by atoms with Crippen LogP contribution in [0.15, 0.2) is 85.2 Å². The second-order valence-corrected chi connectivity index (χ2v) is 7.76. The number of amides is 1. The molecule has 1 atom stereocenters. The number of hydrogen-bond acceptors (Lipinski definition) is 3. The number of imidazole rings is 1. The first-order valence-corrected chi connectivity index (χ1v) is 10.3. The molecule has 0 saturated carbocycles. The Labute approximate surface area is 176 Å². The standard InChI is InChI=1S/C25H24N4O/c1-27-15-16-28(17-20-11-5-7-13-22(20)27)25(30)24(19-9-3-2-4-10-19)29-18-26-21-12-6-8-14-23(21)29/h2-14,18,24H,15-17H2,1H3. The van der Waals surface area contributed by atoms with Crippen molar-refractivity contribution in [1.29, 1.82) is 0 Å². The van der Waals surface area contributed by atoms with Crippen molar-refractivity contribution in [2.24, 2.45) is 0 Å². The highest BCUT2D eigenvalue weighted by atomic mass is 16.2. The SMILES string of the molecule is CN1CCN(C(=O)C(c2ccccc2)n2cnc3ccccc32)Cc2ccccc21. The summed E-state index contributed by atoms with van der Waals surface area (Å²) < 4.78 is 2.01. The molecule has 0 aliphatic carbocycles. The number of nitrogens with zero attached hydrogens (tertiary/aromatic N) is 4. The number of aromatic nitrogens is 2. The van der Waals surface area contributed by atoms with Gasteiger partial charge in [0, 0.05) is 32.4 Å². The Bertz CT molecular complexity index is 1180. The topological polar surface area (TPSA) is 41.4 Å². The zero-order valence-electron chi connectivity index (χ0n) is 17.0. The summed E-state index contributed by atoms with van der Waals surface area (Å²) >= 11 is 0. The number of rotatable bonds is 3. The average Bonchev–Trinajstić information content (AvgIpc) is 3.13. The van der Waals surface area contributed by atoms with Crippen LogP contribution < -0.4 is 4.90 Å². The van der Waals surface area contributed by atoms with E-state index in [1.807, 2.05) is 70.1 Å². The molecule has 1 unspecified atom stereocenters. The average molecular weight is 396 g/mol. The van der Waals surface area contributed by atoms with Gasteiger partial charge in [-0.3, -0.25) is 4.79 Å². The van der Waals surface area contributed by atoms with Crippen molar-refractivity contribution in [3.05, 3.63) is 96.3 Å².